The van der Waals surface area contributed by atoms with Crippen molar-refractivity contribution in [2.75, 3.05) is 20.6 Å². The van der Waals surface area contributed by atoms with Gasteiger partial charge in [0.1, 0.15) is 0 Å². The van der Waals surface area contributed by atoms with E-state index in [1.807, 2.05) is 25.2 Å². The fraction of sp³-hybridized carbons (Fsp3) is 0.538. The van der Waals surface area contributed by atoms with Crippen LogP contribution in [0.25, 0.3) is 0 Å². The maximum absolute atomic E-state index is 12.1. The van der Waals surface area contributed by atoms with Crippen molar-refractivity contribution in [3.63, 3.8) is 0 Å². The maximum Gasteiger partial charge on any atom is 0.193 e. The average Bonchev–Trinajstić information content (AvgIpc) is 2.27. The maximum atomic E-state index is 12.1. The van der Waals surface area contributed by atoms with Gasteiger partial charge in [0.2, 0.25) is 0 Å². The third-order valence-electron chi connectivity index (χ3n) is 2.56. The smallest absolute Gasteiger partial charge is 0.193 e. The van der Waals surface area contributed by atoms with E-state index >= 15 is 0 Å². The van der Waals surface area contributed by atoms with Crippen LogP contribution in [0, 0.1) is 5.41 Å². The largest absolute Gasteiger partial charge is 0.390 e. The molecule has 0 bridgehead atoms. The van der Waals surface area contributed by atoms with Gasteiger partial charge in [0, 0.05) is 44.3 Å². The Balaban J connectivity index is 2.84. The van der Waals surface area contributed by atoms with E-state index in [-0.39, 0.29) is 5.78 Å². The number of carbonyl (C=O) groups excluding carboxylic acids is 1. The monoisotopic (exact) mass is 235 g/mol. The molecule has 4 heteroatoms. The molecule has 17 heavy (non-hydrogen) atoms. The van der Waals surface area contributed by atoms with Gasteiger partial charge in [-0.3, -0.25) is 4.79 Å². The molecule has 1 aliphatic rings. The molecule has 0 saturated heterocycles. The molecule has 1 saturated carbocycles. The first-order valence-electron chi connectivity index (χ1n) is 5.99. The molecule has 0 heterocycles. The fourth-order valence-corrected chi connectivity index (χ4v) is 1.72. The highest BCUT2D eigenvalue weighted by atomic mass is 16.1. The topological polar surface area (TPSA) is 56.2 Å². The number of nitrogens with one attached hydrogen (secondary N) is 2. The number of hydrogen-bond donors (Lipinski definition) is 2. The van der Waals surface area contributed by atoms with Crippen molar-refractivity contribution < 1.29 is 4.79 Å². The molecular formula is C13H21N3O. The minimum absolute atomic E-state index is 0.0152. The van der Waals surface area contributed by atoms with Gasteiger partial charge in [-0.15, -0.1) is 0 Å². The molecular weight excluding hydrogens is 214 g/mol. The molecule has 1 aliphatic carbocycles. The SMILES string of the molecule is CCCN/C=C1\C(=N)CC/C(=C/N(C)C)C1=O. The van der Waals surface area contributed by atoms with Gasteiger partial charge < -0.3 is 15.6 Å². The molecule has 0 aromatic heterocycles. The second kappa shape index (κ2) is 6.23. The van der Waals surface area contributed by atoms with Crippen molar-refractivity contribution in [1.29, 1.82) is 5.41 Å². The molecule has 2 N–H and O–H groups in total. The highest BCUT2D eigenvalue weighted by molar-refractivity contribution is 6.28. The molecule has 1 rings (SSSR count). The lowest BCUT2D eigenvalue weighted by Crippen LogP contribution is -2.24. The Morgan fingerprint density at radius 3 is 2.71 bits per heavy atom. The van der Waals surface area contributed by atoms with Gasteiger partial charge in [0.25, 0.3) is 0 Å². The number of allylic oxidation sites excluding steroid dienone is 2. The molecule has 0 amide bonds. The van der Waals surface area contributed by atoms with Crippen LogP contribution in [0.5, 0.6) is 0 Å². The second-order valence-corrected chi connectivity index (χ2v) is 4.44. The summed E-state index contributed by atoms with van der Waals surface area (Å²) in [5.74, 6) is -0.0152. The minimum atomic E-state index is -0.0152. The highest BCUT2D eigenvalue weighted by Gasteiger charge is 2.24. The summed E-state index contributed by atoms with van der Waals surface area (Å²) >= 11 is 0. The number of hydrogen-bond acceptors (Lipinski definition) is 4. The van der Waals surface area contributed by atoms with Crippen LogP contribution in [0.3, 0.4) is 0 Å². The summed E-state index contributed by atoms with van der Waals surface area (Å²) in [5, 5.41) is 10.9. The zero-order valence-corrected chi connectivity index (χ0v) is 10.8. The van der Waals surface area contributed by atoms with Gasteiger partial charge >= 0.3 is 0 Å². The van der Waals surface area contributed by atoms with Crippen LogP contribution in [0.15, 0.2) is 23.5 Å². The summed E-state index contributed by atoms with van der Waals surface area (Å²) in [6.45, 7) is 2.90. The summed E-state index contributed by atoms with van der Waals surface area (Å²) in [6.07, 6.45) is 5.86. The van der Waals surface area contributed by atoms with E-state index in [1.165, 1.54) is 0 Å². The van der Waals surface area contributed by atoms with Crippen LogP contribution in [0.4, 0.5) is 0 Å². The summed E-state index contributed by atoms with van der Waals surface area (Å²) in [7, 11) is 3.80. The van der Waals surface area contributed by atoms with Gasteiger partial charge in [-0.05, 0) is 19.3 Å². The Morgan fingerprint density at radius 1 is 1.41 bits per heavy atom. The molecule has 0 atom stereocenters. The minimum Gasteiger partial charge on any atom is -0.390 e. The zero-order chi connectivity index (χ0) is 12.8. The Morgan fingerprint density at radius 2 is 2.12 bits per heavy atom. The van der Waals surface area contributed by atoms with Gasteiger partial charge in [-0.25, -0.2) is 0 Å². The van der Waals surface area contributed by atoms with E-state index in [2.05, 4.69) is 12.2 Å². The van der Waals surface area contributed by atoms with Crippen LogP contribution in [-0.2, 0) is 4.79 Å². The van der Waals surface area contributed by atoms with E-state index in [9.17, 15) is 4.79 Å². The van der Waals surface area contributed by atoms with Gasteiger partial charge in [0.15, 0.2) is 5.78 Å². The summed E-state index contributed by atoms with van der Waals surface area (Å²) in [6, 6.07) is 0. The van der Waals surface area contributed by atoms with Crippen LogP contribution < -0.4 is 5.32 Å². The molecule has 0 radical (unpaired) electrons. The highest BCUT2D eigenvalue weighted by Crippen LogP contribution is 2.21. The van der Waals surface area contributed by atoms with E-state index in [4.69, 9.17) is 5.41 Å². The van der Waals surface area contributed by atoms with E-state index in [0.29, 0.717) is 24.1 Å². The normalized spacial score (nSPS) is 21.1. The number of carbonyl (C=O) groups is 1. The first kappa shape index (κ1) is 13.5. The number of nitrogens with zero attached hydrogens (tertiary/aromatic N) is 1. The molecule has 0 unspecified atom stereocenters. The Hall–Kier alpha value is -1.58. The lowest BCUT2D eigenvalue weighted by Gasteiger charge is -2.19. The molecule has 94 valence electrons. The Bertz CT molecular complexity index is 367. The van der Waals surface area contributed by atoms with Crippen molar-refractivity contribution in [3.8, 4) is 0 Å². The lowest BCUT2D eigenvalue weighted by atomic mass is 9.88. The van der Waals surface area contributed by atoms with E-state index in [0.717, 1.165) is 18.5 Å². The van der Waals surface area contributed by atoms with Crippen LogP contribution in [-0.4, -0.2) is 37.0 Å². The summed E-state index contributed by atoms with van der Waals surface area (Å²) in [5.41, 5.74) is 1.74. The summed E-state index contributed by atoms with van der Waals surface area (Å²) < 4.78 is 0. The fourth-order valence-electron chi connectivity index (χ4n) is 1.72. The average molecular weight is 235 g/mol. The number of rotatable bonds is 4. The van der Waals surface area contributed by atoms with Crippen molar-refractivity contribution in [3.05, 3.63) is 23.5 Å². The second-order valence-electron chi connectivity index (χ2n) is 4.44. The summed E-state index contributed by atoms with van der Waals surface area (Å²) in [4.78, 5) is 14.0. The third-order valence-corrected chi connectivity index (χ3v) is 2.56. The molecule has 1 fully saturated rings. The lowest BCUT2D eigenvalue weighted by molar-refractivity contribution is -0.112. The number of ketones is 1. The van der Waals surface area contributed by atoms with Gasteiger partial charge in [-0.1, -0.05) is 6.92 Å². The quantitative estimate of drug-likeness (QED) is 0.576. The third kappa shape index (κ3) is 3.73. The standard InChI is InChI=1S/C13H21N3O/c1-4-7-15-8-11-12(14)6-5-10(13(11)17)9-16(2)3/h8-9,14-15H,4-7H2,1-3H3/b10-9-,11-8+,14-12?. The van der Waals surface area contributed by atoms with Crippen LogP contribution >= 0.6 is 0 Å². The van der Waals surface area contributed by atoms with Crippen LogP contribution in [0.2, 0.25) is 0 Å². The van der Waals surface area contributed by atoms with Crippen molar-refractivity contribution >= 4 is 11.5 Å². The molecule has 0 aliphatic heterocycles. The molecule has 0 spiro atoms. The predicted octanol–water partition coefficient (Wildman–Crippen LogP) is 1.70. The zero-order valence-electron chi connectivity index (χ0n) is 10.8. The first-order chi connectivity index (χ1) is 8.06. The predicted molar refractivity (Wildman–Crippen MR) is 70.1 cm³/mol. The number of Topliss-reactive ketones (excluding diaryl/α,β-unsaturated/α-hetero) is 1. The van der Waals surface area contributed by atoms with Gasteiger partial charge in [0.05, 0.1) is 5.57 Å². The van der Waals surface area contributed by atoms with Crippen molar-refractivity contribution in [1.82, 2.24) is 10.2 Å². The van der Waals surface area contributed by atoms with E-state index in [1.54, 1.807) is 6.20 Å². The first-order valence-corrected chi connectivity index (χ1v) is 5.99. The Kier molecular flexibility index (Phi) is 4.94. The van der Waals surface area contributed by atoms with Crippen molar-refractivity contribution in [2.24, 2.45) is 0 Å². The molecule has 0 aromatic rings. The van der Waals surface area contributed by atoms with Crippen molar-refractivity contribution in [2.45, 2.75) is 26.2 Å². The molecule has 0 aromatic carbocycles. The molecule has 4 nitrogen and oxygen atoms in total. The van der Waals surface area contributed by atoms with Gasteiger partial charge in [-0.2, -0.15) is 0 Å². The van der Waals surface area contributed by atoms with Crippen LogP contribution in [0.1, 0.15) is 26.2 Å². The van der Waals surface area contributed by atoms with E-state index < -0.39 is 0 Å². The Labute approximate surface area is 103 Å².